The van der Waals surface area contributed by atoms with Gasteiger partial charge in [0.15, 0.2) is 22.4 Å². The molecule has 0 bridgehead atoms. The zero-order valence-electron chi connectivity index (χ0n) is 16.8. The predicted octanol–water partition coefficient (Wildman–Crippen LogP) is 4.69. The van der Waals surface area contributed by atoms with Gasteiger partial charge in [-0.15, -0.1) is 0 Å². The summed E-state index contributed by atoms with van der Waals surface area (Å²) in [5.74, 6) is 1.28. The number of thiazole rings is 1. The van der Waals surface area contributed by atoms with E-state index in [0.717, 1.165) is 10.2 Å². The van der Waals surface area contributed by atoms with Crippen LogP contribution in [0, 0.1) is 0 Å². The topological polar surface area (TPSA) is 103 Å². The minimum atomic E-state index is -0.412. The van der Waals surface area contributed by atoms with E-state index in [1.54, 1.807) is 43.5 Å². The molecule has 0 spiro atoms. The Morgan fingerprint density at radius 3 is 2.65 bits per heavy atom. The van der Waals surface area contributed by atoms with Gasteiger partial charge < -0.3 is 19.2 Å². The zero-order chi connectivity index (χ0) is 21.8. The summed E-state index contributed by atoms with van der Waals surface area (Å²) in [5, 5.41) is 5.90. The maximum absolute atomic E-state index is 12.5. The SMILES string of the molecule is COc1ccccc1OCc1ccc(C(=O)Nc2nc3ccc(NC(C)=O)cc3s2)o1. The van der Waals surface area contributed by atoms with E-state index in [0.29, 0.717) is 28.1 Å². The van der Waals surface area contributed by atoms with E-state index in [-0.39, 0.29) is 18.3 Å². The molecule has 0 aliphatic heterocycles. The number of nitrogens with zero attached hydrogens (tertiary/aromatic N) is 1. The van der Waals surface area contributed by atoms with Gasteiger partial charge in [0.2, 0.25) is 5.91 Å². The second-order valence-electron chi connectivity index (χ2n) is 6.54. The van der Waals surface area contributed by atoms with Gasteiger partial charge in [-0.1, -0.05) is 23.5 Å². The first kappa shape index (κ1) is 20.4. The van der Waals surface area contributed by atoms with Crippen LogP contribution in [0.3, 0.4) is 0 Å². The van der Waals surface area contributed by atoms with Crippen molar-refractivity contribution in [3.05, 3.63) is 66.1 Å². The number of ether oxygens (including phenoxy) is 2. The third-order valence-electron chi connectivity index (χ3n) is 4.25. The minimum absolute atomic E-state index is 0.150. The van der Waals surface area contributed by atoms with Crippen LogP contribution in [-0.2, 0) is 11.4 Å². The van der Waals surface area contributed by atoms with Crippen LogP contribution in [0.4, 0.5) is 10.8 Å². The van der Waals surface area contributed by atoms with Gasteiger partial charge in [0.05, 0.1) is 17.3 Å². The number of furan rings is 1. The van der Waals surface area contributed by atoms with Gasteiger partial charge in [0.25, 0.3) is 5.91 Å². The van der Waals surface area contributed by atoms with Crippen molar-refractivity contribution in [1.29, 1.82) is 0 Å². The van der Waals surface area contributed by atoms with Crippen LogP contribution in [0.2, 0.25) is 0 Å². The third kappa shape index (κ3) is 4.84. The van der Waals surface area contributed by atoms with Crippen LogP contribution in [0.5, 0.6) is 11.5 Å². The number of carbonyl (C=O) groups excluding carboxylic acids is 2. The highest BCUT2D eigenvalue weighted by Gasteiger charge is 2.15. The molecule has 8 nitrogen and oxygen atoms in total. The smallest absolute Gasteiger partial charge is 0.293 e. The second kappa shape index (κ2) is 8.88. The fraction of sp³-hybridized carbons (Fsp3) is 0.136. The first-order valence-corrected chi connectivity index (χ1v) is 10.2. The van der Waals surface area contributed by atoms with Crippen LogP contribution in [0.25, 0.3) is 10.2 Å². The molecular weight excluding hydrogens is 418 g/mol. The second-order valence-corrected chi connectivity index (χ2v) is 7.57. The molecule has 2 amide bonds. The number of anilines is 2. The van der Waals surface area contributed by atoms with Gasteiger partial charge >= 0.3 is 0 Å². The lowest BCUT2D eigenvalue weighted by Crippen LogP contribution is -2.10. The van der Waals surface area contributed by atoms with E-state index in [1.165, 1.54) is 18.3 Å². The molecule has 9 heteroatoms. The van der Waals surface area contributed by atoms with Gasteiger partial charge in [0, 0.05) is 12.6 Å². The molecule has 0 aliphatic carbocycles. The van der Waals surface area contributed by atoms with Gasteiger partial charge in [-0.25, -0.2) is 4.98 Å². The highest BCUT2D eigenvalue weighted by molar-refractivity contribution is 7.22. The summed E-state index contributed by atoms with van der Waals surface area (Å²) in [6.07, 6.45) is 0. The number of methoxy groups -OCH3 is 1. The molecule has 0 saturated heterocycles. The Morgan fingerprint density at radius 2 is 1.87 bits per heavy atom. The van der Waals surface area contributed by atoms with Gasteiger partial charge in [-0.3, -0.25) is 14.9 Å². The monoisotopic (exact) mass is 437 g/mol. The Labute approximate surface area is 181 Å². The maximum atomic E-state index is 12.5. The van der Waals surface area contributed by atoms with E-state index >= 15 is 0 Å². The molecule has 158 valence electrons. The highest BCUT2D eigenvalue weighted by Crippen LogP contribution is 2.29. The van der Waals surface area contributed by atoms with Crippen molar-refractivity contribution in [3.63, 3.8) is 0 Å². The largest absolute Gasteiger partial charge is 0.493 e. The fourth-order valence-corrected chi connectivity index (χ4v) is 3.78. The van der Waals surface area contributed by atoms with E-state index in [2.05, 4.69) is 15.6 Å². The molecule has 4 aromatic rings. The molecule has 0 radical (unpaired) electrons. The molecule has 0 fully saturated rings. The number of rotatable bonds is 7. The van der Waals surface area contributed by atoms with Crippen LogP contribution in [-0.4, -0.2) is 23.9 Å². The van der Waals surface area contributed by atoms with Gasteiger partial charge in [0.1, 0.15) is 12.4 Å². The lowest BCUT2D eigenvalue weighted by Gasteiger charge is -2.08. The van der Waals surface area contributed by atoms with Crippen molar-refractivity contribution < 1.29 is 23.5 Å². The maximum Gasteiger partial charge on any atom is 0.293 e. The van der Waals surface area contributed by atoms with E-state index in [9.17, 15) is 9.59 Å². The summed E-state index contributed by atoms with van der Waals surface area (Å²) >= 11 is 1.31. The molecule has 31 heavy (non-hydrogen) atoms. The highest BCUT2D eigenvalue weighted by atomic mass is 32.1. The first-order valence-electron chi connectivity index (χ1n) is 9.36. The lowest BCUT2D eigenvalue weighted by atomic mass is 10.3. The number of nitrogens with one attached hydrogen (secondary N) is 2. The summed E-state index contributed by atoms with van der Waals surface area (Å²) in [6, 6.07) is 15.9. The van der Waals surface area contributed by atoms with Crippen LogP contribution < -0.4 is 20.1 Å². The number of aromatic nitrogens is 1. The quantitative estimate of drug-likeness (QED) is 0.435. The van der Waals surface area contributed by atoms with Crippen molar-refractivity contribution in [3.8, 4) is 11.5 Å². The summed E-state index contributed by atoms with van der Waals surface area (Å²) in [5.41, 5.74) is 1.40. The molecule has 2 aromatic carbocycles. The molecule has 2 N–H and O–H groups in total. The Kier molecular flexibility index (Phi) is 5.85. The lowest BCUT2D eigenvalue weighted by molar-refractivity contribution is -0.114. The molecule has 0 aliphatic rings. The molecule has 0 atom stereocenters. The summed E-state index contributed by atoms with van der Waals surface area (Å²) in [4.78, 5) is 28.1. The van der Waals surface area contributed by atoms with Crippen LogP contribution >= 0.6 is 11.3 Å². The fourth-order valence-electron chi connectivity index (χ4n) is 2.88. The van der Waals surface area contributed by atoms with Crippen molar-refractivity contribution in [2.75, 3.05) is 17.7 Å². The number of para-hydroxylation sites is 2. The third-order valence-corrected chi connectivity index (χ3v) is 5.19. The molecule has 2 heterocycles. The molecule has 4 rings (SSSR count). The zero-order valence-corrected chi connectivity index (χ0v) is 17.6. The van der Waals surface area contributed by atoms with E-state index in [1.807, 2.05) is 18.2 Å². The first-order chi connectivity index (χ1) is 15.0. The van der Waals surface area contributed by atoms with Gasteiger partial charge in [-0.2, -0.15) is 0 Å². The Morgan fingerprint density at radius 1 is 1.06 bits per heavy atom. The normalized spacial score (nSPS) is 10.6. The van der Waals surface area contributed by atoms with E-state index < -0.39 is 5.91 Å². The van der Waals surface area contributed by atoms with E-state index in [4.69, 9.17) is 13.9 Å². The minimum Gasteiger partial charge on any atom is -0.493 e. The van der Waals surface area contributed by atoms with Crippen LogP contribution in [0.15, 0.2) is 59.0 Å². The van der Waals surface area contributed by atoms with Crippen LogP contribution in [0.1, 0.15) is 23.2 Å². The molecule has 0 unspecified atom stereocenters. The number of fused-ring (bicyclic) bond motifs is 1. The number of amides is 2. The van der Waals surface area contributed by atoms with Gasteiger partial charge in [-0.05, 0) is 42.5 Å². The number of hydrogen-bond donors (Lipinski definition) is 2. The molecular formula is C22H19N3O5S. The summed E-state index contributed by atoms with van der Waals surface area (Å²) < 4.78 is 17.4. The average Bonchev–Trinajstić information content (AvgIpc) is 3.38. The standard InChI is InChI=1S/C22H19N3O5S/c1-13(26)23-14-7-9-16-20(11-14)31-22(24-16)25-21(27)19-10-8-15(30-19)12-29-18-6-4-3-5-17(18)28-2/h3-11H,12H2,1-2H3,(H,23,26)(H,24,25,27). The number of benzene rings is 2. The molecule has 2 aromatic heterocycles. The average molecular weight is 437 g/mol. The van der Waals surface area contributed by atoms with Crippen molar-refractivity contribution in [1.82, 2.24) is 4.98 Å². The summed E-state index contributed by atoms with van der Waals surface area (Å²) in [7, 11) is 1.57. The summed E-state index contributed by atoms with van der Waals surface area (Å²) in [6.45, 7) is 1.60. The van der Waals surface area contributed by atoms with Crippen molar-refractivity contribution in [2.24, 2.45) is 0 Å². The molecule has 0 saturated carbocycles. The number of carbonyl (C=O) groups is 2. The predicted molar refractivity (Wildman–Crippen MR) is 118 cm³/mol. The van der Waals surface area contributed by atoms with Crippen molar-refractivity contribution in [2.45, 2.75) is 13.5 Å². The van der Waals surface area contributed by atoms with Crippen molar-refractivity contribution >= 4 is 44.2 Å². The number of hydrogen-bond acceptors (Lipinski definition) is 7. The Hall–Kier alpha value is -3.85. The Bertz CT molecular complexity index is 1250. The Balaban J connectivity index is 1.41.